The topological polar surface area (TPSA) is 53.5 Å². The monoisotopic (exact) mass is 215 g/mol. The third-order valence-electron chi connectivity index (χ3n) is 3.03. The molecule has 3 rings (SSSR count). The van der Waals surface area contributed by atoms with Crippen LogP contribution in [0.5, 0.6) is 0 Å². The molecule has 2 N–H and O–H groups in total. The Balaban J connectivity index is 2.05. The van der Waals surface area contributed by atoms with Gasteiger partial charge in [0.15, 0.2) is 0 Å². The molecule has 82 valence electrons. The second-order valence-electron chi connectivity index (χ2n) is 4.12. The van der Waals surface area contributed by atoms with Crippen molar-refractivity contribution in [1.29, 1.82) is 0 Å². The molecule has 2 aliphatic heterocycles. The summed E-state index contributed by atoms with van der Waals surface area (Å²) in [7, 11) is 0. The first kappa shape index (κ1) is 9.39. The molecule has 1 aromatic rings. The van der Waals surface area contributed by atoms with E-state index in [4.69, 9.17) is 0 Å². The van der Waals surface area contributed by atoms with Gasteiger partial charge in [0.1, 0.15) is 5.84 Å². The van der Waals surface area contributed by atoms with Gasteiger partial charge in [0.05, 0.1) is 17.3 Å². The van der Waals surface area contributed by atoms with Crippen LogP contribution >= 0.6 is 0 Å². The Hall–Kier alpha value is -1.84. The number of fused-ring (bicyclic) bond motifs is 2. The fraction of sp³-hybridized carbons (Fsp3) is 0.333. The Kier molecular flexibility index (Phi) is 2.13. The van der Waals surface area contributed by atoms with Crippen LogP contribution in [0.25, 0.3) is 0 Å². The predicted octanol–water partition coefficient (Wildman–Crippen LogP) is 1.86. The zero-order chi connectivity index (χ0) is 11.0. The number of amides is 1. The number of hydrogen-bond donors (Lipinski definition) is 2. The van der Waals surface area contributed by atoms with Crippen molar-refractivity contribution < 1.29 is 4.79 Å². The Morgan fingerprint density at radius 2 is 1.94 bits per heavy atom. The lowest BCUT2D eigenvalue weighted by atomic mass is 9.98. The number of aliphatic imine (C=N–C) groups is 1. The van der Waals surface area contributed by atoms with Crippen molar-refractivity contribution in [2.45, 2.75) is 12.8 Å². The summed E-state index contributed by atoms with van der Waals surface area (Å²) in [5.41, 5.74) is 1.77. The summed E-state index contributed by atoms with van der Waals surface area (Å²) in [4.78, 5) is 16.4. The van der Waals surface area contributed by atoms with E-state index in [1.165, 1.54) is 0 Å². The van der Waals surface area contributed by atoms with Gasteiger partial charge in [-0.1, -0.05) is 12.1 Å². The summed E-state index contributed by atoms with van der Waals surface area (Å²) in [6.45, 7) is 0.814. The number of hydrogen-bond acceptors (Lipinski definition) is 3. The summed E-state index contributed by atoms with van der Waals surface area (Å²) in [6.07, 6.45) is 1.87. The highest BCUT2D eigenvalue weighted by molar-refractivity contribution is 6.17. The van der Waals surface area contributed by atoms with Gasteiger partial charge in [-0.15, -0.1) is 0 Å². The fourth-order valence-electron chi connectivity index (χ4n) is 2.18. The molecule has 1 atom stereocenters. The van der Waals surface area contributed by atoms with E-state index in [9.17, 15) is 4.79 Å². The minimum Gasteiger partial charge on any atom is -0.342 e. The Bertz CT molecular complexity index is 467. The SMILES string of the molecule is O=C1Nc2ccccc2NC2=NCCCC12. The minimum atomic E-state index is -0.110. The minimum absolute atomic E-state index is 0.0518. The van der Waals surface area contributed by atoms with Crippen molar-refractivity contribution in [3.05, 3.63) is 24.3 Å². The predicted molar refractivity (Wildman–Crippen MR) is 63.7 cm³/mol. The number of anilines is 2. The molecule has 1 amide bonds. The molecular formula is C12H13N3O. The molecule has 0 bridgehead atoms. The van der Waals surface area contributed by atoms with E-state index in [0.29, 0.717) is 0 Å². The first-order valence-electron chi connectivity index (χ1n) is 5.56. The molecule has 1 unspecified atom stereocenters. The summed E-state index contributed by atoms with van der Waals surface area (Å²) in [5, 5.41) is 6.20. The molecule has 0 saturated carbocycles. The molecule has 2 aliphatic rings. The summed E-state index contributed by atoms with van der Waals surface area (Å²) in [5.74, 6) is 0.755. The number of nitrogens with one attached hydrogen (secondary N) is 2. The lowest BCUT2D eigenvalue weighted by Gasteiger charge is -2.19. The van der Waals surface area contributed by atoms with Crippen LogP contribution < -0.4 is 10.6 Å². The second-order valence-corrected chi connectivity index (χ2v) is 4.12. The third kappa shape index (κ3) is 1.46. The van der Waals surface area contributed by atoms with Crippen LogP contribution in [0.4, 0.5) is 11.4 Å². The van der Waals surface area contributed by atoms with Gasteiger partial charge in [-0.25, -0.2) is 0 Å². The molecule has 1 aromatic carbocycles. The quantitative estimate of drug-likeness (QED) is 0.694. The molecule has 0 spiro atoms. The number of amidine groups is 1. The lowest BCUT2D eigenvalue weighted by Crippen LogP contribution is -2.33. The standard InChI is InChI=1S/C12H13N3O/c16-12-8-4-3-7-13-11(8)14-9-5-1-2-6-10(9)15-12/h1-2,5-6,8H,3-4,7H2,(H,13,14)(H,15,16). The van der Waals surface area contributed by atoms with E-state index in [0.717, 1.165) is 36.6 Å². The maximum Gasteiger partial charge on any atom is 0.235 e. The number of nitrogens with zero attached hydrogens (tertiary/aromatic N) is 1. The van der Waals surface area contributed by atoms with Crippen LogP contribution in [-0.4, -0.2) is 18.3 Å². The van der Waals surface area contributed by atoms with Crippen molar-refractivity contribution in [3.63, 3.8) is 0 Å². The molecule has 0 aromatic heterocycles. The third-order valence-corrected chi connectivity index (χ3v) is 3.03. The average molecular weight is 215 g/mol. The highest BCUT2D eigenvalue weighted by atomic mass is 16.2. The molecule has 0 radical (unpaired) electrons. The van der Waals surface area contributed by atoms with Crippen LogP contribution in [0, 0.1) is 5.92 Å². The largest absolute Gasteiger partial charge is 0.342 e. The van der Waals surface area contributed by atoms with Crippen LogP contribution in [0.3, 0.4) is 0 Å². The second kappa shape index (κ2) is 3.63. The Labute approximate surface area is 93.8 Å². The maximum absolute atomic E-state index is 12.0. The van der Waals surface area contributed by atoms with Crippen molar-refractivity contribution in [3.8, 4) is 0 Å². The summed E-state index contributed by atoms with van der Waals surface area (Å²) in [6, 6.07) is 7.71. The van der Waals surface area contributed by atoms with Crippen molar-refractivity contribution >= 4 is 23.1 Å². The van der Waals surface area contributed by atoms with E-state index in [1.807, 2.05) is 24.3 Å². The van der Waals surface area contributed by atoms with Crippen molar-refractivity contribution in [2.24, 2.45) is 10.9 Å². The maximum atomic E-state index is 12.0. The van der Waals surface area contributed by atoms with E-state index in [-0.39, 0.29) is 11.8 Å². The van der Waals surface area contributed by atoms with Crippen LogP contribution in [0.15, 0.2) is 29.3 Å². The Morgan fingerprint density at radius 3 is 2.75 bits per heavy atom. The fourth-order valence-corrected chi connectivity index (χ4v) is 2.18. The Morgan fingerprint density at radius 1 is 1.19 bits per heavy atom. The van der Waals surface area contributed by atoms with Gasteiger partial charge in [0.25, 0.3) is 0 Å². The van der Waals surface area contributed by atoms with E-state index < -0.39 is 0 Å². The highest BCUT2D eigenvalue weighted by Crippen LogP contribution is 2.28. The molecule has 0 aliphatic carbocycles. The normalized spacial score (nSPS) is 23.1. The van der Waals surface area contributed by atoms with Crippen LogP contribution in [-0.2, 0) is 4.79 Å². The van der Waals surface area contributed by atoms with Crippen LogP contribution in [0.2, 0.25) is 0 Å². The smallest absolute Gasteiger partial charge is 0.235 e. The van der Waals surface area contributed by atoms with Gasteiger partial charge in [-0.2, -0.15) is 0 Å². The number of para-hydroxylation sites is 2. The lowest BCUT2D eigenvalue weighted by molar-refractivity contribution is -0.118. The first-order chi connectivity index (χ1) is 7.84. The van der Waals surface area contributed by atoms with Crippen molar-refractivity contribution in [1.82, 2.24) is 0 Å². The van der Waals surface area contributed by atoms with E-state index in [1.54, 1.807) is 0 Å². The van der Waals surface area contributed by atoms with Gasteiger partial charge in [-0.3, -0.25) is 9.79 Å². The van der Waals surface area contributed by atoms with Gasteiger partial charge in [0, 0.05) is 6.54 Å². The van der Waals surface area contributed by atoms with Gasteiger partial charge >= 0.3 is 0 Å². The number of carbonyl (C=O) groups is 1. The highest BCUT2D eigenvalue weighted by Gasteiger charge is 2.30. The van der Waals surface area contributed by atoms with E-state index in [2.05, 4.69) is 15.6 Å². The number of rotatable bonds is 0. The van der Waals surface area contributed by atoms with Crippen molar-refractivity contribution in [2.75, 3.05) is 17.2 Å². The molecule has 16 heavy (non-hydrogen) atoms. The van der Waals surface area contributed by atoms with Gasteiger partial charge in [-0.05, 0) is 25.0 Å². The zero-order valence-electron chi connectivity index (χ0n) is 8.86. The average Bonchev–Trinajstić information content (AvgIpc) is 2.45. The van der Waals surface area contributed by atoms with Gasteiger partial charge < -0.3 is 10.6 Å². The molecule has 2 heterocycles. The number of benzene rings is 1. The molecule has 4 heteroatoms. The number of carbonyl (C=O) groups excluding carboxylic acids is 1. The zero-order valence-corrected chi connectivity index (χ0v) is 8.86. The summed E-state index contributed by atoms with van der Waals surface area (Å²) < 4.78 is 0. The first-order valence-corrected chi connectivity index (χ1v) is 5.56. The molecule has 4 nitrogen and oxygen atoms in total. The molecule has 0 fully saturated rings. The van der Waals surface area contributed by atoms with Crippen LogP contribution in [0.1, 0.15) is 12.8 Å². The summed E-state index contributed by atoms with van der Waals surface area (Å²) >= 11 is 0. The van der Waals surface area contributed by atoms with E-state index >= 15 is 0 Å². The molecule has 0 saturated heterocycles. The van der Waals surface area contributed by atoms with Gasteiger partial charge in [0.2, 0.25) is 5.91 Å². The molecular weight excluding hydrogens is 202 g/mol.